The Morgan fingerprint density at radius 1 is 1.07 bits per heavy atom. The Morgan fingerprint density at radius 2 is 1.93 bits per heavy atom. The Bertz CT molecular complexity index is 1100. The van der Waals surface area contributed by atoms with Gasteiger partial charge in [0.05, 0.1) is 20.3 Å². The van der Waals surface area contributed by atoms with Crippen LogP contribution in [0.15, 0.2) is 42.5 Å². The van der Waals surface area contributed by atoms with Gasteiger partial charge in [0, 0.05) is 50.0 Å². The summed E-state index contributed by atoms with van der Waals surface area (Å²) in [5.74, 6) is 0.768. The molecule has 1 unspecified atom stereocenters. The van der Waals surface area contributed by atoms with Crippen LogP contribution in [0, 0.1) is 5.92 Å². The lowest BCUT2D eigenvalue weighted by Crippen LogP contribution is -2.41. The summed E-state index contributed by atoms with van der Waals surface area (Å²) in [6.07, 6.45) is 2.00. The third-order valence-electron chi connectivity index (χ3n) is 6.83. The topological polar surface area (TPSA) is 116 Å². The molecule has 226 valence electrons. The molecule has 0 bridgehead atoms. The summed E-state index contributed by atoms with van der Waals surface area (Å²) in [6, 6.07) is 12.8. The SMILES string of the molecule is CN[C@H](CNC(=O)c1cc(OCCOC)cc(C(OCCNC(=O)OC)c2cccc(Cl)c2)c1)C[C@H]1CCCOC1. The van der Waals surface area contributed by atoms with Gasteiger partial charge in [-0.05, 0) is 73.7 Å². The first-order valence-corrected chi connectivity index (χ1v) is 14.3. The Morgan fingerprint density at radius 3 is 2.63 bits per heavy atom. The van der Waals surface area contributed by atoms with Crippen LogP contribution in [0.4, 0.5) is 4.79 Å². The number of carbonyl (C=O) groups is 2. The second-order valence-corrected chi connectivity index (χ2v) is 10.3. The van der Waals surface area contributed by atoms with Crippen LogP contribution in [0.3, 0.4) is 0 Å². The summed E-state index contributed by atoms with van der Waals surface area (Å²) in [5.41, 5.74) is 1.94. The highest BCUT2D eigenvalue weighted by molar-refractivity contribution is 6.30. The van der Waals surface area contributed by atoms with E-state index < -0.39 is 12.2 Å². The zero-order valence-corrected chi connectivity index (χ0v) is 24.8. The fourth-order valence-corrected chi connectivity index (χ4v) is 4.90. The van der Waals surface area contributed by atoms with Gasteiger partial charge in [-0.25, -0.2) is 4.79 Å². The molecule has 2 aromatic carbocycles. The number of nitrogens with one attached hydrogen (secondary N) is 3. The monoisotopic (exact) mass is 591 g/mol. The van der Waals surface area contributed by atoms with Gasteiger partial charge in [0.1, 0.15) is 18.5 Å². The van der Waals surface area contributed by atoms with E-state index in [0.717, 1.165) is 38.0 Å². The standard InChI is InChI=1S/C30H42ClN3O7/c1-32-26(14-21-6-5-10-39-20-21)19-34-29(35)24-15-23(17-27(18-24)40-13-12-37-2)28(22-7-4-8-25(31)16-22)41-11-9-33-30(36)38-3/h4,7-8,15-18,21,26,28,32H,5-6,9-14,19-20H2,1-3H3,(H,33,36)(H,34,35)/t21-,26+,28?/m1/s1. The molecule has 0 saturated carbocycles. The lowest BCUT2D eigenvalue weighted by atomic mass is 9.94. The largest absolute Gasteiger partial charge is 0.491 e. The van der Waals surface area contributed by atoms with Crippen molar-refractivity contribution in [2.24, 2.45) is 5.92 Å². The molecule has 1 saturated heterocycles. The lowest BCUT2D eigenvalue weighted by Gasteiger charge is -2.26. The van der Waals surface area contributed by atoms with Crippen LogP contribution in [0.5, 0.6) is 5.75 Å². The minimum Gasteiger partial charge on any atom is -0.491 e. The van der Waals surface area contributed by atoms with Gasteiger partial charge in [-0.3, -0.25) is 4.79 Å². The molecule has 1 heterocycles. The van der Waals surface area contributed by atoms with E-state index in [9.17, 15) is 9.59 Å². The van der Waals surface area contributed by atoms with Crippen molar-refractivity contribution in [3.05, 3.63) is 64.2 Å². The van der Waals surface area contributed by atoms with Crippen LogP contribution in [0.25, 0.3) is 0 Å². The molecule has 41 heavy (non-hydrogen) atoms. The normalized spacial score (nSPS) is 16.4. The van der Waals surface area contributed by atoms with Gasteiger partial charge in [-0.1, -0.05) is 23.7 Å². The molecule has 1 aliphatic heterocycles. The first-order chi connectivity index (χ1) is 19.9. The summed E-state index contributed by atoms with van der Waals surface area (Å²) < 4.78 is 27.5. The minimum atomic E-state index is -0.581. The average molecular weight is 592 g/mol. The van der Waals surface area contributed by atoms with E-state index in [0.29, 0.717) is 47.6 Å². The van der Waals surface area contributed by atoms with Crippen molar-refractivity contribution in [2.45, 2.75) is 31.4 Å². The maximum absolute atomic E-state index is 13.4. The van der Waals surface area contributed by atoms with Crippen LogP contribution in [-0.2, 0) is 18.9 Å². The van der Waals surface area contributed by atoms with Crippen molar-refractivity contribution in [3.63, 3.8) is 0 Å². The van der Waals surface area contributed by atoms with E-state index in [2.05, 4.69) is 20.7 Å². The number of methoxy groups -OCH3 is 2. The summed E-state index contributed by atoms with van der Waals surface area (Å²) >= 11 is 6.30. The van der Waals surface area contributed by atoms with Gasteiger partial charge in [-0.15, -0.1) is 0 Å². The number of hydrogen-bond donors (Lipinski definition) is 3. The van der Waals surface area contributed by atoms with Crippen molar-refractivity contribution >= 4 is 23.6 Å². The van der Waals surface area contributed by atoms with Gasteiger partial charge in [0.25, 0.3) is 5.91 Å². The molecule has 10 nitrogen and oxygen atoms in total. The Hall–Kier alpha value is -2.89. The zero-order valence-electron chi connectivity index (χ0n) is 24.1. The maximum atomic E-state index is 13.4. The molecule has 0 aliphatic carbocycles. The molecule has 3 N–H and O–H groups in total. The molecule has 1 fully saturated rings. The van der Waals surface area contributed by atoms with Crippen molar-refractivity contribution < 1.29 is 33.3 Å². The number of carbonyl (C=O) groups excluding carboxylic acids is 2. The highest BCUT2D eigenvalue weighted by Crippen LogP contribution is 2.31. The van der Waals surface area contributed by atoms with Crippen LogP contribution < -0.4 is 20.7 Å². The van der Waals surface area contributed by atoms with E-state index in [1.807, 2.05) is 31.3 Å². The predicted molar refractivity (Wildman–Crippen MR) is 157 cm³/mol. The summed E-state index contributed by atoms with van der Waals surface area (Å²) in [4.78, 5) is 24.9. The summed E-state index contributed by atoms with van der Waals surface area (Å²) in [7, 11) is 4.81. The van der Waals surface area contributed by atoms with Gasteiger partial charge in [-0.2, -0.15) is 0 Å². The van der Waals surface area contributed by atoms with Crippen LogP contribution in [0.2, 0.25) is 5.02 Å². The average Bonchev–Trinajstić information content (AvgIpc) is 2.99. The molecular weight excluding hydrogens is 550 g/mol. The number of amides is 2. The molecule has 0 aromatic heterocycles. The van der Waals surface area contributed by atoms with Crippen molar-refractivity contribution in [1.29, 1.82) is 0 Å². The molecule has 3 atom stereocenters. The molecular formula is C30H42ClN3O7. The third-order valence-corrected chi connectivity index (χ3v) is 7.07. The second-order valence-electron chi connectivity index (χ2n) is 9.87. The van der Waals surface area contributed by atoms with E-state index in [1.54, 1.807) is 25.3 Å². The summed E-state index contributed by atoms with van der Waals surface area (Å²) in [5, 5.41) is 9.56. The molecule has 2 amide bonds. The second kappa shape index (κ2) is 17.8. The van der Waals surface area contributed by atoms with Gasteiger partial charge >= 0.3 is 6.09 Å². The first kappa shape index (κ1) is 32.6. The smallest absolute Gasteiger partial charge is 0.406 e. The number of rotatable bonds is 16. The minimum absolute atomic E-state index is 0.121. The van der Waals surface area contributed by atoms with E-state index in [-0.39, 0.29) is 25.1 Å². The maximum Gasteiger partial charge on any atom is 0.406 e. The van der Waals surface area contributed by atoms with Crippen LogP contribution in [0.1, 0.15) is 46.9 Å². The quantitative estimate of drug-likeness (QED) is 0.251. The van der Waals surface area contributed by atoms with Crippen LogP contribution in [-0.4, -0.2) is 85.4 Å². The predicted octanol–water partition coefficient (Wildman–Crippen LogP) is 3.96. The van der Waals surface area contributed by atoms with Gasteiger partial charge < -0.3 is 39.6 Å². The van der Waals surface area contributed by atoms with Crippen molar-refractivity contribution in [2.75, 3.05) is 67.4 Å². The van der Waals surface area contributed by atoms with E-state index in [4.69, 9.17) is 30.5 Å². The Balaban J connectivity index is 1.81. The van der Waals surface area contributed by atoms with Gasteiger partial charge in [0.2, 0.25) is 0 Å². The third kappa shape index (κ3) is 11.1. The van der Waals surface area contributed by atoms with Crippen molar-refractivity contribution in [3.8, 4) is 5.75 Å². The fourth-order valence-electron chi connectivity index (χ4n) is 4.70. The fraction of sp³-hybridized carbons (Fsp3) is 0.533. The number of likely N-dealkylation sites (N-methyl/N-ethyl adjacent to an activating group) is 1. The van der Waals surface area contributed by atoms with E-state index in [1.165, 1.54) is 7.11 Å². The number of alkyl carbamates (subject to hydrolysis) is 1. The molecule has 1 aliphatic rings. The number of ether oxygens (including phenoxy) is 5. The Kier molecular flexibility index (Phi) is 14.2. The molecule has 0 radical (unpaired) electrons. The number of halogens is 1. The lowest BCUT2D eigenvalue weighted by molar-refractivity contribution is 0.0478. The molecule has 2 aromatic rings. The van der Waals surface area contributed by atoms with Crippen LogP contribution >= 0.6 is 11.6 Å². The number of benzene rings is 2. The highest BCUT2D eigenvalue weighted by Gasteiger charge is 2.22. The molecule has 0 spiro atoms. The van der Waals surface area contributed by atoms with E-state index >= 15 is 0 Å². The summed E-state index contributed by atoms with van der Waals surface area (Å²) in [6.45, 7) is 3.20. The first-order valence-electron chi connectivity index (χ1n) is 13.9. The molecule has 3 rings (SSSR count). The Labute approximate surface area is 247 Å². The van der Waals surface area contributed by atoms with Crippen molar-refractivity contribution in [1.82, 2.24) is 16.0 Å². The molecule has 11 heteroatoms. The number of hydrogen-bond acceptors (Lipinski definition) is 8. The zero-order chi connectivity index (χ0) is 29.5. The van der Waals surface area contributed by atoms with Gasteiger partial charge in [0.15, 0.2) is 0 Å². The highest BCUT2D eigenvalue weighted by atomic mass is 35.5.